The first-order valence-corrected chi connectivity index (χ1v) is 8.09. The molecule has 26 heavy (non-hydrogen) atoms. The Morgan fingerprint density at radius 2 is 0.962 bits per heavy atom. The second-order valence-electron chi connectivity index (χ2n) is 5.37. The Balaban J connectivity index is 0.000000290. The predicted octanol–water partition coefficient (Wildman–Crippen LogP) is 3.54. The van der Waals surface area contributed by atoms with Crippen molar-refractivity contribution in [2.24, 2.45) is 0 Å². The van der Waals surface area contributed by atoms with Crippen LogP contribution >= 0.6 is 0 Å². The molecule has 0 aromatic heterocycles. The molecule has 0 radical (unpaired) electrons. The molecule has 0 heterocycles. The van der Waals surface area contributed by atoms with E-state index in [9.17, 15) is 9.59 Å². The number of carbonyl (C=O) groups is 2. The molecular weight excluding hydrogens is 326 g/mol. The lowest BCUT2D eigenvalue weighted by atomic mass is 10.3. The number of para-hydroxylation sites is 3. The van der Waals surface area contributed by atoms with E-state index in [4.69, 9.17) is 5.73 Å². The third-order valence-electron chi connectivity index (χ3n) is 3.53. The van der Waals surface area contributed by atoms with Crippen LogP contribution in [0, 0.1) is 0 Å². The van der Waals surface area contributed by atoms with Crippen molar-refractivity contribution in [1.29, 1.82) is 0 Å². The highest BCUT2D eigenvalue weighted by atomic mass is 16.1. The molecule has 3 rings (SSSR count). The van der Waals surface area contributed by atoms with Crippen molar-refractivity contribution in [3.05, 3.63) is 91.0 Å². The molecule has 0 saturated carbocycles. The normalized spacial score (nSPS) is 9.38. The number of amides is 2. The monoisotopic (exact) mass is 347 g/mol. The Bertz CT molecular complexity index is 731. The van der Waals surface area contributed by atoms with Crippen molar-refractivity contribution in [2.45, 2.75) is 0 Å². The molecule has 2 amide bonds. The van der Waals surface area contributed by atoms with Crippen LogP contribution in [-0.4, -0.2) is 19.5 Å². The Kier molecular flexibility index (Phi) is 7.42. The van der Waals surface area contributed by atoms with Gasteiger partial charge in [0.05, 0.1) is 0 Å². The van der Waals surface area contributed by atoms with E-state index < -0.39 is 0 Å². The molecular formula is C21H21N3O2. The third kappa shape index (κ3) is 5.79. The van der Waals surface area contributed by atoms with Crippen LogP contribution in [-0.2, 0) is 9.59 Å². The Morgan fingerprint density at radius 3 is 1.23 bits per heavy atom. The van der Waals surface area contributed by atoms with Gasteiger partial charge in [0.1, 0.15) is 6.67 Å². The average molecular weight is 347 g/mol. The Hall–Kier alpha value is -3.60. The number of carbonyl (C=O) groups excluding carboxylic acids is 2. The molecule has 0 spiro atoms. The average Bonchev–Trinajstić information content (AvgIpc) is 2.71. The number of benzene rings is 3. The van der Waals surface area contributed by atoms with E-state index in [1.807, 2.05) is 91.0 Å². The van der Waals surface area contributed by atoms with Gasteiger partial charge in [-0.2, -0.15) is 0 Å². The van der Waals surface area contributed by atoms with Gasteiger partial charge >= 0.3 is 0 Å². The SMILES string of the molecule is Nc1ccccc1.O=CN(CN(C=O)c1ccccc1)c1ccccc1. The number of hydrogen-bond donors (Lipinski definition) is 1. The fraction of sp³-hybridized carbons (Fsp3) is 0.0476. The number of nitrogen functional groups attached to an aromatic ring is 1. The summed E-state index contributed by atoms with van der Waals surface area (Å²) in [6.07, 6.45) is 1.43. The van der Waals surface area contributed by atoms with Gasteiger partial charge in [-0.25, -0.2) is 0 Å². The molecule has 132 valence electrons. The van der Waals surface area contributed by atoms with E-state index in [1.165, 1.54) is 9.80 Å². The van der Waals surface area contributed by atoms with Crippen LogP contribution in [0.4, 0.5) is 17.1 Å². The quantitative estimate of drug-likeness (QED) is 0.421. The van der Waals surface area contributed by atoms with Gasteiger partial charge in [-0.1, -0.05) is 54.6 Å². The van der Waals surface area contributed by atoms with Gasteiger partial charge in [-0.15, -0.1) is 0 Å². The summed E-state index contributed by atoms with van der Waals surface area (Å²) < 4.78 is 0. The summed E-state index contributed by atoms with van der Waals surface area (Å²) in [5, 5.41) is 0. The molecule has 0 aliphatic carbocycles. The first-order valence-electron chi connectivity index (χ1n) is 8.09. The molecule has 0 aliphatic heterocycles. The van der Waals surface area contributed by atoms with Gasteiger partial charge in [-0.3, -0.25) is 19.4 Å². The number of nitrogens with two attached hydrogens (primary N) is 1. The van der Waals surface area contributed by atoms with Crippen LogP contribution in [0.5, 0.6) is 0 Å². The summed E-state index contributed by atoms with van der Waals surface area (Å²) >= 11 is 0. The lowest BCUT2D eigenvalue weighted by Gasteiger charge is -2.25. The van der Waals surface area contributed by atoms with Crippen LogP contribution in [0.3, 0.4) is 0 Å². The predicted molar refractivity (Wildman–Crippen MR) is 106 cm³/mol. The van der Waals surface area contributed by atoms with Crippen molar-refractivity contribution in [2.75, 3.05) is 22.2 Å². The van der Waals surface area contributed by atoms with Gasteiger partial charge in [0, 0.05) is 17.1 Å². The van der Waals surface area contributed by atoms with E-state index in [0.29, 0.717) is 0 Å². The minimum Gasteiger partial charge on any atom is -0.399 e. The summed E-state index contributed by atoms with van der Waals surface area (Å²) in [4.78, 5) is 25.3. The number of rotatable bonds is 6. The standard InChI is InChI=1S/C15H14N2O2.C6H7N/c18-12-16(14-7-3-1-4-8-14)11-17(13-19)15-9-5-2-6-10-15;7-6-4-2-1-3-5-6/h1-10,12-13H,11H2;1-5H,7H2. The molecule has 2 N–H and O–H groups in total. The van der Waals surface area contributed by atoms with Crippen molar-refractivity contribution in [3.8, 4) is 0 Å². The van der Waals surface area contributed by atoms with Crippen molar-refractivity contribution in [1.82, 2.24) is 0 Å². The number of hydrogen-bond acceptors (Lipinski definition) is 3. The lowest BCUT2D eigenvalue weighted by molar-refractivity contribution is -0.108. The maximum absolute atomic E-state index is 11.2. The van der Waals surface area contributed by atoms with Gasteiger partial charge in [-0.05, 0) is 36.4 Å². The van der Waals surface area contributed by atoms with Crippen LogP contribution in [0.15, 0.2) is 91.0 Å². The summed E-state index contributed by atoms with van der Waals surface area (Å²) in [5.41, 5.74) is 7.68. The van der Waals surface area contributed by atoms with Crippen LogP contribution in [0.1, 0.15) is 0 Å². The zero-order valence-electron chi connectivity index (χ0n) is 14.3. The van der Waals surface area contributed by atoms with Crippen molar-refractivity contribution >= 4 is 29.9 Å². The first-order chi connectivity index (χ1) is 12.7. The van der Waals surface area contributed by atoms with Crippen molar-refractivity contribution in [3.63, 3.8) is 0 Å². The van der Waals surface area contributed by atoms with Crippen LogP contribution < -0.4 is 15.5 Å². The molecule has 5 heteroatoms. The smallest absolute Gasteiger partial charge is 0.215 e. The summed E-state index contributed by atoms with van der Waals surface area (Å²) in [7, 11) is 0. The molecule has 0 unspecified atom stereocenters. The lowest BCUT2D eigenvalue weighted by Crippen LogP contribution is -2.36. The van der Waals surface area contributed by atoms with Crippen LogP contribution in [0.25, 0.3) is 0 Å². The van der Waals surface area contributed by atoms with E-state index in [-0.39, 0.29) is 6.67 Å². The Morgan fingerprint density at radius 1 is 0.615 bits per heavy atom. The van der Waals surface area contributed by atoms with Crippen LogP contribution in [0.2, 0.25) is 0 Å². The van der Waals surface area contributed by atoms with Gasteiger partial charge < -0.3 is 5.73 Å². The van der Waals surface area contributed by atoms with Gasteiger partial charge in [0.15, 0.2) is 0 Å². The van der Waals surface area contributed by atoms with E-state index >= 15 is 0 Å². The molecule has 3 aromatic rings. The van der Waals surface area contributed by atoms with E-state index in [2.05, 4.69) is 0 Å². The van der Waals surface area contributed by atoms with Crippen molar-refractivity contribution < 1.29 is 9.59 Å². The molecule has 0 aliphatic rings. The topological polar surface area (TPSA) is 66.6 Å². The van der Waals surface area contributed by atoms with E-state index in [0.717, 1.165) is 29.9 Å². The van der Waals surface area contributed by atoms with Gasteiger partial charge in [0.25, 0.3) is 0 Å². The fourth-order valence-electron chi connectivity index (χ4n) is 2.21. The summed E-state index contributed by atoms with van der Waals surface area (Å²) in [5.74, 6) is 0. The first kappa shape index (κ1) is 18.7. The number of anilines is 3. The summed E-state index contributed by atoms with van der Waals surface area (Å²) in [6.45, 7) is 0.182. The molecule has 0 bridgehead atoms. The summed E-state index contributed by atoms with van der Waals surface area (Å²) in [6, 6.07) is 27.9. The van der Waals surface area contributed by atoms with Gasteiger partial charge in [0.2, 0.25) is 12.8 Å². The highest BCUT2D eigenvalue weighted by Crippen LogP contribution is 2.16. The minimum absolute atomic E-state index is 0.182. The molecule has 0 atom stereocenters. The third-order valence-corrected chi connectivity index (χ3v) is 3.53. The fourth-order valence-corrected chi connectivity index (χ4v) is 2.21. The zero-order chi connectivity index (χ0) is 18.6. The Labute approximate surface area is 153 Å². The highest BCUT2D eigenvalue weighted by molar-refractivity contribution is 5.81. The molecule has 5 nitrogen and oxygen atoms in total. The van der Waals surface area contributed by atoms with E-state index in [1.54, 1.807) is 0 Å². The largest absolute Gasteiger partial charge is 0.399 e. The second-order valence-corrected chi connectivity index (χ2v) is 5.37. The molecule has 0 saturated heterocycles. The second kappa shape index (κ2) is 10.3. The minimum atomic E-state index is 0.182. The number of nitrogens with zero attached hydrogens (tertiary/aromatic N) is 2. The highest BCUT2D eigenvalue weighted by Gasteiger charge is 2.11. The zero-order valence-corrected chi connectivity index (χ0v) is 14.3. The maximum Gasteiger partial charge on any atom is 0.215 e. The maximum atomic E-state index is 11.2. The molecule has 3 aromatic carbocycles. The molecule has 0 fully saturated rings.